The average Bonchev–Trinajstić information content (AvgIpc) is 3.12. The van der Waals surface area contributed by atoms with Gasteiger partial charge < -0.3 is 14.8 Å². The maximum atomic E-state index is 13.5. The van der Waals surface area contributed by atoms with Crippen molar-refractivity contribution >= 4 is 34.2 Å². The number of benzene rings is 1. The molecule has 11 heteroatoms. The quantitative estimate of drug-likeness (QED) is 0.510. The second-order valence-corrected chi connectivity index (χ2v) is 8.49. The third-order valence-electron chi connectivity index (χ3n) is 5.35. The zero-order valence-electron chi connectivity index (χ0n) is 18.8. The summed E-state index contributed by atoms with van der Waals surface area (Å²) in [5.41, 5.74) is 0.333. The number of halogens is 3. The number of nitrogens with zero attached hydrogens (tertiary/aromatic N) is 2. The minimum atomic E-state index is -4.54. The highest BCUT2D eigenvalue weighted by molar-refractivity contribution is 7.17. The summed E-state index contributed by atoms with van der Waals surface area (Å²) >= 11 is 1.09. The molecular formula is C22H26F3N3O4S. The lowest BCUT2D eigenvalue weighted by Gasteiger charge is -2.40. The summed E-state index contributed by atoms with van der Waals surface area (Å²) in [5, 5.41) is 3.58. The van der Waals surface area contributed by atoms with Gasteiger partial charge in [0.15, 0.2) is 5.13 Å². The van der Waals surface area contributed by atoms with Crippen LogP contribution in [-0.2, 0) is 15.7 Å². The lowest BCUT2D eigenvalue weighted by Crippen LogP contribution is -2.46. The number of aryl methyl sites for hydroxylation is 1. The number of thiazole rings is 1. The van der Waals surface area contributed by atoms with E-state index < -0.39 is 29.8 Å². The van der Waals surface area contributed by atoms with Crippen LogP contribution in [0.5, 0.6) is 0 Å². The van der Waals surface area contributed by atoms with E-state index in [9.17, 15) is 22.8 Å². The molecule has 1 aliphatic rings. The third kappa shape index (κ3) is 5.23. The predicted octanol–water partition coefficient (Wildman–Crippen LogP) is 5.95. The molecule has 0 radical (unpaired) electrons. The van der Waals surface area contributed by atoms with Gasteiger partial charge in [0.2, 0.25) is 0 Å². The molecule has 1 aromatic heterocycles. The number of anilines is 2. The van der Waals surface area contributed by atoms with Gasteiger partial charge in [-0.25, -0.2) is 14.6 Å². The van der Waals surface area contributed by atoms with E-state index in [0.29, 0.717) is 39.8 Å². The first-order chi connectivity index (χ1) is 15.6. The van der Waals surface area contributed by atoms with Crippen LogP contribution in [0.1, 0.15) is 66.1 Å². The molecule has 1 aliphatic heterocycles. The summed E-state index contributed by atoms with van der Waals surface area (Å²) < 4.78 is 50.6. The topological polar surface area (TPSA) is 80.8 Å². The molecule has 2 atom stereocenters. The van der Waals surface area contributed by atoms with Crippen LogP contribution in [0.4, 0.5) is 28.8 Å². The van der Waals surface area contributed by atoms with Gasteiger partial charge in [-0.3, -0.25) is 4.90 Å². The second kappa shape index (κ2) is 9.98. The van der Waals surface area contributed by atoms with E-state index in [2.05, 4.69) is 10.3 Å². The van der Waals surface area contributed by atoms with E-state index >= 15 is 0 Å². The summed E-state index contributed by atoms with van der Waals surface area (Å²) in [6.45, 7) is 7.31. The first kappa shape index (κ1) is 24.8. The molecule has 0 saturated carbocycles. The van der Waals surface area contributed by atoms with Crippen LogP contribution >= 0.6 is 11.3 Å². The molecule has 0 bridgehead atoms. The number of amides is 1. The third-order valence-corrected chi connectivity index (χ3v) is 6.42. The Morgan fingerprint density at radius 2 is 1.91 bits per heavy atom. The number of rotatable bonds is 6. The van der Waals surface area contributed by atoms with Crippen molar-refractivity contribution in [1.82, 2.24) is 4.98 Å². The lowest BCUT2D eigenvalue weighted by atomic mass is 9.89. The van der Waals surface area contributed by atoms with Crippen LogP contribution in [0.15, 0.2) is 18.2 Å². The van der Waals surface area contributed by atoms with Crippen molar-refractivity contribution in [2.75, 3.05) is 23.4 Å². The highest BCUT2D eigenvalue weighted by Gasteiger charge is 2.39. The number of alkyl halides is 3. The number of nitrogens with one attached hydrogen (secondary N) is 1. The van der Waals surface area contributed by atoms with Crippen molar-refractivity contribution in [2.45, 2.75) is 58.8 Å². The molecule has 0 aliphatic carbocycles. The smallest absolute Gasteiger partial charge is 0.416 e. The van der Waals surface area contributed by atoms with Crippen molar-refractivity contribution in [3.8, 4) is 0 Å². The largest absolute Gasteiger partial charge is 0.462 e. The zero-order chi connectivity index (χ0) is 24.3. The first-order valence-corrected chi connectivity index (χ1v) is 11.5. The highest BCUT2D eigenvalue weighted by Crippen LogP contribution is 2.43. The summed E-state index contributed by atoms with van der Waals surface area (Å²) in [6, 6.07) is 2.47. The molecule has 0 spiro atoms. The summed E-state index contributed by atoms with van der Waals surface area (Å²) in [6.07, 6.45) is -4.22. The van der Waals surface area contributed by atoms with Gasteiger partial charge in [0.25, 0.3) is 0 Å². The molecule has 1 aromatic carbocycles. The standard InChI is InChI=1S/C22H26F3N3O4S/c1-5-14-11-16(27-20-26-12(4)18(33-20)19(29)31-6-2)15-10-13(22(23,24)25)8-9-17(15)28(14)21(30)32-7-3/h8-10,14,16H,5-7,11H2,1-4H3,(H,26,27)/t14-,16+/m1/s1. The Balaban J connectivity index is 2.03. The van der Waals surface area contributed by atoms with E-state index in [4.69, 9.17) is 9.47 Å². The van der Waals surface area contributed by atoms with E-state index in [1.807, 2.05) is 6.92 Å². The maximum absolute atomic E-state index is 13.5. The van der Waals surface area contributed by atoms with Gasteiger partial charge in [-0.15, -0.1) is 0 Å². The highest BCUT2D eigenvalue weighted by atomic mass is 32.1. The van der Waals surface area contributed by atoms with Crippen LogP contribution in [0.2, 0.25) is 0 Å². The Bertz CT molecular complexity index is 1020. The Labute approximate surface area is 193 Å². The van der Waals surface area contributed by atoms with Gasteiger partial charge in [-0.05, 0) is 57.4 Å². The maximum Gasteiger partial charge on any atom is 0.416 e. The molecule has 0 unspecified atom stereocenters. The molecule has 1 N–H and O–H groups in total. The summed E-state index contributed by atoms with van der Waals surface area (Å²) in [5.74, 6) is -0.496. The number of ether oxygens (including phenoxy) is 2. The fraction of sp³-hybridized carbons (Fsp3) is 0.500. The number of carbonyl (C=O) groups excluding carboxylic acids is 2. The van der Waals surface area contributed by atoms with Crippen LogP contribution in [0.25, 0.3) is 0 Å². The Morgan fingerprint density at radius 3 is 2.52 bits per heavy atom. The number of esters is 1. The normalized spacial score (nSPS) is 18.0. The molecule has 0 saturated heterocycles. The second-order valence-electron chi connectivity index (χ2n) is 7.49. The number of carbonyl (C=O) groups is 2. The minimum Gasteiger partial charge on any atom is -0.462 e. The van der Waals surface area contributed by atoms with Gasteiger partial charge in [-0.2, -0.15) is 13.2 Å². The molecule has 180 valence electrons. The van der Waals surface area contributed by atoms with Crippen molar-refractivity contribution in [1.29, 1.82) is 0 Å². The molecule has 1 amide bonds. The zero-order valence-corrected chi connectivity index (χ0v) is 19.6. The Morgan fingerprint density at radius 1 is 1.21 bits per heavy atom. The van der Waals surface area contributed by atoms with Gasteiger partial charge in [0, 0.05) is 6.04 Å². The van der Waals surface area contributed by atoms with Crippen molar-refractivity contribution in [3.05, 3.63) is 39.9 Å². The molecular weight excluding hydrogens is 459 g/mol. The van der Waals surface area contributed by atoms with E-state index in [0.717, 1.165) is 23.5 Å². The number of fused-ring (bicyclic) bond motifs is 1. The number of hydrogen-bond acceptors (Lipinski definition) is 7. The average molecular weight is 486 g/mol. The summed E-state index contributed by atoms with van der Waals surface area (Å²) in [4.78, 5) is 30.9. The van der Waals surface area contributed by atoms with Crippen LogP contribution in [0.3, 0.4) is 0 Å². The summed E-state index contributed by atoms with van der Waals surface area (Å²) in [7, 11) is 0. The van der Waals surface area contributed by atoms with Gasteiger partial charge in [0.1, 0.15) is 4.88 Å². The predicted molar refractivity (Wildman–Crippen MR) is 119 cm³/mol. The number of aromatic nitrogens is 1. The van der Waals surface area contributed by atoms with Crippen LogP contribution < -0.4 is 10.2 Å². The van der Waals surface area contributed by atoms with Gasteiger partial charge >= 0.3 is 18.2 Å². The fourth-order valence-electron chi connectivity index (χ4n) is 3.85. The van der Waals surface area contributed by atoms with Crippen LogP contribution in [0, 0.1) is 6.92 Å². The molecule has 2 aromatic rings. The molecule has 3 rings (SSSR count). The number of hydrogen-bond donors (Lipinski definition) is 1. The van der Waals surface area contributed by atoms with E-state index in [1.54, 1.807) is 20.8 Å². The molecule has 2 heterocycles. The lowest BCUT2D eigenvalue weighted by molar-refractivity contribution is -0.137. The Hall–Kier alpha value is -2.82. The first-order valence-electron chi connectivity index (χ1n) is 10.7. The van der Waals surface area contributed by atoms with Crippen LogP contribution in [-0.4, -0.2) is 36.3 Å². The molecule has 7 nitrogen and oxygen atoms in total. The van der Waals surface area contributed by atoms with Gasteiger partial charge in [-0.1, -0.05) is 18.3 Å². The van der Waals surface area contributed by atoms with Crippen molar-refractivity contribution in [2.24, 2.45) is 0 Å². The van der Waals surface area contributed by atoms with Crippen molar-refractivity contribution in [3.63, 3.8) is 0 Å². The monoisotopic (exact) mass is 485 g/mol. The minimum absolute atomic E-state index is 0.151. The SMILES string of the molecule is CCOC(=O)c1sc(N[C@H]2C[C@@H](CC)N(C(=O)OCC)c3ccc(C(F)(F)F)cc32)nc1C. The van der Waals surface area contributed by atoms with E-state index in [1.165, 1.54) is 11.0 Å². The fourth-order valence-corrected chi connectivity index (χ4v) is 4.76. The van der Waals surface area contributed by atoms with Crippen molar-refractivity contribution < 1.29 is 32.2 Å². The molecule has 33 heavy (non-hydrogen) atoms. The van der Waals surface area contributed by atoms with E-state index in [-0.39, 0.29) is 19.3 Å². The molecule has 0 fully saturated rings. The Kier molecular flexibility index (Phi) is 7.51. The van der Waals surface area contributed by atoms with Gasteiger partial charge in [0.05, 0.1) is 36.2 Å².